The Kier molecular flexibility index (Phi) is 5.77. The summed E-state index contributed by atoms with van der Waals surface area (Å²) < 4.78 is 5.64. The van der Waals surface area contributed by atoms with Crippen LogP contribution in [-0.2, 0) is 11.4 Å². The van der Waals surface area contributed by atoms with Crippen LogP contribution in [0, 0.1) is 6.92 Å². The molecule has 4 heteroatoms. The van der Waals surface area contributed by atoms with Crippen molar-refractivity contribution >= 4 is 11.6 Å². The van der Waals surface area contributed by atoms with Gasteiger partial charge in [0.15, 0.2) is 0 Å². The molecule has 0 spiro atoms. The van der Waals surface area contributed by atoms with Gasteiger partial charge in [-0.15, -0.1) is 0 Å². The van der Waals surface area contributed by atoms with E-state index in [1.807, 2.05) is 91.9 Å². The van der Waals surface area contributed by atoms with Crippen LogP contribution in [0.25, 0.3) is 11.3 Å². The minimum Gasteiger partial charge on any atom is -0.459 e. The highest BCUT2D eigenvalue weighted by molar-refractivity contribution is 5.99. The monoisotopic (exact) mass is 397 g/mol. The topological polar surface area (TPSA) is 62.5 Å². The van der Waals surface area contributed by atoms with E-state index in [1.54, 1.807) is 6.07 Å². The van der Waals surface area contributed by atoms with Gasteiger partial charge in [-0.05, 0) is 41.8 Å². The molecule has 0 saturated carbocycles. The molecule has 0 atom stereocenters. The van der Waals surface area contributed by atoms with Crippen LogP contribution in [0.5, 0.6) is 0 Å². The number of hydrogen-bond acceptors (Lipinski definition) is 3. The molecule has 30 heavy (non-hydrogen) atoms. The van der Waals surface area contributed by atoms with Gasteiger partial charge in [-0.3, -0.25) is 4.79 Å². The maximum Gasteiger partial charge on any atom is 0.236 e. The zero-order valence-corrected chi connectivity index (χ0v) is 16.7. The number of aliphatic hydroxyl groups excluding tert-OH is 1. The molecule has 2 N–H and O–H groups in total. The first-order valence-corrected chi connectivity index (χ1v) is 9.87. The van der Waals surface area contributed by atoms with E-state index in [2.05, 4.69) is 5.32 Å². The summed E-state index contributed by atoms with van der Waals surface area (Å²) in [6.07, 6.45) is 0. The lowest BCUT2D eigenvalue weighted by Gasteiger charge is -2.19. The first-order valence-electron chi connectivity index (χ1n) is 9.87. The first kappa shape index (κ1) is 19.7. The smallest absolute Gasteiger partial charge is 0.236 e. The fourth-order valence-corrected chi connectivity index (χ4v) is 3.52. The van der Waals surface area contributed by atoms with E-state index in [4.69, 9.17) is 4.42 Å². The third-order valence-corrected chi connectivity index (χ3v) is 5.13. The molecule has 0 radical (unpaired) electrons. The van der Waals surface area contributed by atoms with Crippen LogP contribution in [0.1, 0.15) is 28.4 Å². The van der Waals surface area contributed by atoms with E-state index >= 15 is 0 Å². The van der Waals surface area contributed by atoms with E-state index in [9.17, 15) is 9.90 Å². The second kappa shape index (κ2) is 8.80. The van der Waals surface area contributed by atoms with Gasteiger partial charge >= 0.3 is 0 Å². The molecule has 0 aliphatic carbocycles. The van der Waals surface area contributed by atoms with Crippen LogP contribution < -0.4 is 5.32 Å². The average molecular weight is 397 g/mol. The molecular formula is C26H23NO3. The quantitative estimate of drug-likeness (QED) is 0.450. The predicted octanol–water partition coefficient (Wildman–Crippen LogP) is 5.52. The van der Waals surface area contributed by atoms with E-state index in [0.717, 1.165) is 27.9 Å². The SMILES string of the molecule is Cc1ccc(-c2ccc(CO)o2)cc1NC(=O)C(c1ccccc1)c1ccccc1. The summed E-state index contributed by atoms with van der Waals surface area (Å²) >= 11 is 0. The minimum atomic E-state index is -0.417. The van der Waals surface area contributed by atoms with Gasteiger partial charge in [0, 0.05) is 11.3 Å². The van der Waals surface area contributed by atoms with Gasteiger partial charge in [0.2, 0.25) is 5.91 Å². The van der Waals surface area contributed by atoms with Gasteiger partial charge in [-0.2, -0.15) is 0 Å². The van der Waals surface area contributed by atoms with Gasteiger partial charge in [-0.25, -0.2) is 0 Å². The molecule has 0 aliphatic rings. The number of carbonyl (C=O) groups is 1. The Morgan fingerprint density at radius 1 is 0.900 bits per heavy atom. The summed E-state index contributed by atoms with van der Waals surface area (Å²) in [5.41, 5.74) is 4.41. The van der Waals surface area contributed by atoms with Crippen LogP contribution in [0.15, 0.2) is 95.4 Å². The van der Waals surface area contributed by atoms with Gasteiger partial charge in [0.05, 0.1) is 5.92 Å². The third-order valence-electron chi connectivity index (χ3n) is 5.13. The minimum absolute atomic E-state index is 0.0943. The Hall–Kier alpha value is -3.63. The summed E-state index contributed by atoms with van der Waals surface area (Å²) in [5, 5.41) is 12.4. The van der Waals surface area contributed by atoms with Gasteiger partial charge < -0.3 is 14.8 Å². The third kappa shape index (κ3) is 4.19. The predicted molar refractivity (Wildman–Crippen MR) is 118 cm³/mol. The van der Waals surface area contributed by atoms with Crippen LogP contribution in [-0.4, -0.2) is 11.0 Å². The summed E-state index contributed by atoms with van der Waals surface area (Å²) in [7, 11) is 0. The zero-order valence-electron chi connectivity index (χ0n) is 16.7. The summed E-state index contributed by atoms with van der Waals surface area (Å²) in [5.74, 6) is 0.643. The number of aliphatic hydroxyl groups is 1. The Labute approximate surface area is 175 Å². The summed E-state index contributed by atoms with van der Waals surface area (Å²) in [4.78, 5) is 13.4. The molecular weight excluding hydrogens is 374 g/mol. The van der Waals surface area contributed by atoms with Crippen LogP contribution in [0.4, 0.5) is 5.69 Å². The van der Waals surface area contributed by atoms with Crippen LogP contribution in [0.2, 0.25) is 0 Å². The first-order chi connectivity index (χ1) is 14.7. The molecule has 0 fully saturated rings. The number of anilines is 1. The number of aryl methyl sites for hydroxylation is 1. The van der Waals surface area contributed by atoms with Crippen molar-refractivity contribution in [2.75, 3.05) is 5.32 Å². The number of nitrogens with one attached hydrogen (secondary N) is 1. The molecule has 1 aromatic heterocycles. The van der Waals surface area contributed by atoms with E-state index < -0.39 is 5.92 Å². The summed E-state index contributed by atoms with van der Waals surface area (Å²) in [6, 6.07) is 28.9. The average Bonchev–Trinajstić information content (AvgIpc) is 3.26. The van der Waals surface area contributed by atoms with Crippen molar-refractivity contribution in [2.45, 2.75) is 19.4 Å². The lowest BCUT2D eigenvalue weighted by atomic mass is 9.90. The number of furan rings is 1. The lowest BCUT2D eigenvalue weighted by Crippen LogP contribution is -2.22. The number of amides is 1. The van der Waals surface area contributed by atoms with Crippen molar-refractivity contribution < 1.29 is 14.3 Å². The van der Waals surface area contributed by atoms with Crippen molar-refractivity contribution in [3.63, 3.8) is 0 Å². The molecule has 0 bridgehead atoms. The van der Waals surface area contributed by atoms with Crippen molar-refractivity contribution in [1.82, 2.24) is 0 Å². The second-order valence-corrected chi connectivity index (χ2v) is 7.20. The molecule has 4 aromatic rings. The summed E-state index contributed by atoms with van der Waals surface area (Å²) in [6.45, 7) is 1.81. The Balaban J connectivity index is 1.66. The number of benzene rings is 3. The Morgan fingerprint density at radius 3 is 2.10 bits per heavy atom. The van der Waals surface area contributed by atoms with Crippen molar-refractivity contribution in [3.05, 3.63) is 113 Å². The normalized spacial score (nSPS) is 10.9. The van der Waals surface area contributed by atoms with E-state index in [1.165, 1.54) is 0 Å². The molecule has 4 rings (SSSR count). The maximum atomic E-state index is 13.4. The number of rotatable bonds is 6. The lowest BCUT2D eigenvalue weighted by molar-refractivity contribution is -0.116. The molecule has 4 nitrogen and oxygen atoms in total. The van der Waals surface area contributed by atoms with E-state index in [-0.39, 0.29) is 12.5 Å². The highest BCUT2D eigenvalue weighted by atomic mass is 16.4. The van der Waals surface area contributed by atoms with Crippen molar-refractivity contribution in [2.24, 2.45) is 0 Å². The highest BCUT2D eigenvalue weighted by Gasteiger charge is 2.23. The van der Waals surface area contributed by atoms with Gasteiger partial charge in [-0.1, -0.05) is 72.8 Å². The maximum absolute atomic E-state index is 13.4. The standard InChI is InChI=1S/C26H23NO3/c1-18-12-13-21(24-15-14-22(17-28)30-24)16-23(18)27-26(29)25(19-8-4-2-5-9-19)20-10-6-3-7-11-20/h2-16,25,28H,17H2,1H3,(H,27,29). The van der Waals surface area contributed by atoms with Crippen molar-refractivity contribution in [1.29, 1.82) is 0 Å². The number of hydrogen-bond donors (Lipinski definition) is 2. The van der Waals surface area contributed by atoms with Gasteiger partial charge in [0.25, 0.3) is 0 Å². The van der Waals surface area contributed by atoms with E-state index in [0.29, 0.717) is 11.5 Å². The highest BCUT2D eigenvalue weighted by Crippen LogP contribution is 2.30. The fraction of sp³-hybridized carbons (Fsp3) is 0.115. The molecule has 0 unspecified atom stereocenters. The Morgan fingerprint density at radius 2 is 1.53 bits per heavy atom. The van der Waals surface area contributed by atoms with Crippen LogP contribution >= 0.6 is 0 Å². The Bertz CT molecular complexity index is 1090. The zero-order chi connectivity index (χ0) is 20.9. The largest absolute Gasteiger partial charge is 0.459 e. The fourth-order valence-electron chi connectivity index (χ4n) is 3.52. The van der Waals surface area contributed by atoms with Crippen LogP contribution in [0.3, 0.4) is 0 Å². The second-order valence-electron chi connectivity index (χ2n) is 7.20. The molecule has 1 amide bonds. The molecule has 0 aliphatic heterocycles. The molecule has 3 aromatic carbocycles. The van der Waals surface area contributed by atoms with Gasteiger partial charge in [0.1, 0.15) is 18.1 Å². The molecule has 150 valence electrons. The van der Waals surface area contributed by atoms with Crippen molar-refractivity contribution in [3.8, 4) is 11.3 Å². The number of carbonyl (C=O) groups excluding carboxylic acids is 1. The molecule has 0 saturated heterocycles. The molecule has 1 heterocycles.